The van der Waals surface area contributed by atoms with Crippen molar-refractivity contribution in [3.8, 4) is 0 Å². The first-order valence-electron chi connectivity index (χ1n) is 6.55. The van der Waals surface area contributed by atoms with E-state index in [1.807, 2.05) is 6.92 Å². The van der Waals surface area contributed by atoms with Crippen LogP contribution in [0.3, 0.4) is 0 Å². The summed E-state index contributed by atoms with van der Waals surface area (Å²) in [5.41, 5.74) is 0.143. The highest BCUT2D eigenvalue weighted by Gasteiger charge is 2.26. The Morgan fingerprint density at radius 3 is 2.62 bits per heavy atom. The topological polar surface area (TPSA) is 75.3 Å². The molecule has 2 N–H and O–H groups in total. The van der Waals surface area contributed by atoms with Crippen molar-refractivity contribution in [2.45, 2.75) is 36.8 Å². The number of hydrogen-bond donors (Lipinski definition) is 2. The number of alkyl halides is 2. The van der Waals surface area contributed by atoms with Gasteiger partial charge in [-0.05, 0) is 24.6 Å². The van der Waals surface area contributed by atoms with Gasteiger partial charge in [0.15, 0.2) is 0 Å². The number of rotatable bonds is 7. The fourth-order valence-electron chi connectivity index (χ4n) is 1.61. The number of nitrogens with one attached hydrogen (secondary N) is 2. The first-order valence-corrected chi connectivity index (χ1v) is 8.09. The summed E-state index contributed by atoms with van der Waals surface area (Å²) >= 11 is 0. The Labute approximate surface area is 122 Å². The largest absolute Gasteiger partial charge is 0.341 e. The minimum atomic E-state index is -4.66. The zero-order valence-electron chi connectivity index (χ0n) is 11.6. The lowest BCUT2D eigenvalue weighted by molar-refractivity contribution is 0.235. The Kier molecular flexibility index (Phi) is 6.54. The zero-order chi connectivity index (χ0) is 15.9. The van der Waals surface area contributed by atoms with Crippen LogP contribution in [0, 0.1) is 0 Å². The molecule has 8 heteroatoms. The van der Waals surface area contributed by atoms with Gasteiger partial charge in [0.2, 0.25) is 9.84 Å². The second-order valence-electron chi connectivity index (χ2n) is 4.42. The summed E-state index contributed by atoms with van der Waals surface area (Å²) in [6, 6.07) is 4.29. The van der Waals surface area contributed by atoms with Crippen LogP contribution in [0.15, 0.2) is 29.2 Å². The quantitative estimate of drug-likeness (QED) is 0.758. The highest BCUT2D eigenvalue weighted by molar-refractivity contribution is 7.91. The maximum Gasteiger partial charge on any atom is 0.341 e. The van der Waals surface area contributed by atoms with Gasteiger partial charge in [-0.15, -0.1) is 0 Å². The van der Waals surface area contributed by atoms with Gasteiger partial charge in [0.1, 0.15) is 0 Å². The van der Waals surface area contributed by atoms with E-state index in [-0.39, 0.29) is 5.69 Å². The third-order valence-electron chi connectivity index (χ3n) is 2.72. The number of urea groups is 1. The standard InChI is InChI=1S/C13H18F2N2O3S/c1-2-3-4-8-16-13(18)17-10-6-5-7-11(9-10)21(19,20)12(14)15/h5-7,9,12H,2-4,8H2,1H3,(H2,16,17,18). The van der Waals surface area contributed by atoms with Crippen LogP contribution in [-0.4, -0.2) is 26.8 Å². The molecular formula is C13H18F2N2O3S. The van der Waals surface area contributed by atoms with Crippen molar-refractivity contribution in [2.24, 2.45) is 0 Å². The van der Waals surface area contributed by atoms with Crippen LogP contribution in [0.2, 0.25) is 0 Å². The molecule has 0 aliphatic rings. The van der Waals surface area contributed by atoms with E-state index in [1.54, 1.807) is 0 Å². The van der Waals surface area contributed by atoms with Gasteiger partial charge >= 0.3 is 11.8 Å². The van der Waals surface area contributed by atoms with Gasteiger partial charge in [-0.3, -0.25) is 0 Å². The Morgan fingerprint density at radius 2 is 2.00 bits per heavy atom. The molecule has 0 aromatic heterocycles. The van der Waals surface area contributed by atoms with Gasteiger partial charge in [-0.25, -0.2) is 13.2 Å². The molecule has 0 aliphatic heterocycles. The number of carbonyl (C=O) groups excluding carboxylic acids is 1. The van der Waals surface area contributed by atoms with Crippen molar-refractivity contribution < 1.29 is 22.0 Å². The van der Waals surface area contributed by atoms with Gasteiger partial charge in [0.05, 0.1) is 4.90 Å². The maximum atomic E-state index is 12.4. The molecule has 5 nitrogen and oxygen atoms in total. The number of hydrogen-bond acceptors (Lipinski definition) is 3. The van der Waals surface area contributed by atoms with E-state index >= 15 is 0 Å². The molecule has 0 radical (unpaired) electrons. The number of benzene rings is 1. The average molecular weight is 320 g/mol. The molecule has 2 amide bonds. The molecule has 0 unspecified atom stereocenters. The third-order valence-corrected chi connectivity index (χ3v) is 4.10. The minimum Gasteiger partial charge on any atom is -0.338 e. The number of sulfone groups is 1. The van der Waals surface area contributed by atoms with Crippen molar-refractivity contribution in [1.29, 1.82) is 0 Å². The van der Waals surface area contributed by atoms with E-state index in [0.717, 1.165) is 31.4 Å². The van der Waals surface area contributed by atoms with E-state index in [2.05, 4.69) is 10.6 Å². The fourth-order valence-corrected chi connectivity index (χ4v) is 2.37. The van der Waals surface area contributed by atoms with Crippen LogP contribution in [0.1, 0.15) is 26.2 Å². The Balaban J connectivity index is 2.67. The molecule has 118 valence electrons. The highest BCUT2D eigenvalue weighted by Crippen LogP contribution is 2.21. The summed E-state index contributed by atoms with van der Waals surface area (Å²) in [6.45, 7) is 2.53. The minimum absolute atomic E-state index is 0.143. The summed E-state index contributed by atoms with van der Waals surface area (Å²) in [5, 5.41) is 5.01. The van der Waals surface area contributed by atoms with Gasteiger partial charge < -0.3 is 10.6 Å². The van der Waals surface area contributed by atoms with Gasteiger partial charge in [-0.1, -0.05) is 25.8 Å². The van der Waals surface area contributed by atoms with Gasteiger partial charge in [0.25, 0.3) is 0 Å². The SMILES string of the molecule is CCCCCNC(=O)Nc1cccc(S(=O)(=O)C(F)F)c1. The highest BCUT2D eigenvalue weighted by atomic mass is 32.2. The molecule has 1 rings (SSSR count). The lowest BCUT2D eigenvalue weighted by atomic mass is 10.2. The van der Waals surface area contributed by atoms with Crippen LogP contribution in [0.4, 0.5) is 19.3 Å². The molecule has 0 saturated carbocycles. The smallest absolute Gasteiger partial charge is 0.338 e. The van der Waals surface area contributed by atoms with E-state index in [9.17, 15) is 22.0 Å². The lowest BCUT2D eigenvalue weighted by Gasteiger charge is -2.09. The Bertz CT molecular complexity index is 577. The molecule has 0 heterocycles. The van der Waals surface area contributed by atoms with Crippen molar-refractivity contribution in [3.05, 3.63) is 24.3 Å². The number of halogens is 2. The van der Waals surface area contributed by atoms with E-state index in [4.69, 9.17) is 0 Å². The van der Waals surface area contributed by atoms with Crippen molar-refractivity contribution in [1.82, 2.24) is 5.32 Å². The number of unbranched alkanes of at least 4 members (excludes halogenated alkanes) is 2. The molecule has 0 fully saturated rings. The monoisotopic (exact) mass is 320 g/mol. The molecular weight excluding hydrogens is 302 g/mol. The van der Waals surface area contributed by atoms with Crippen molar-refractivity contribution >= 4 is 21.6 Å². The summed E-state index contributed by atoms with van der Waals surface area (Å²) in [4.78, 5) is 11.0. The second kappa shape index (κ2) is 7.92. The third kappa shape index (κ3) is 5.30. The molecule has 0 atom stereocenters. The van der Waals surface area contributed by atoms with Crippen molar-refractivity contribution in [2.75, 3.05) is 11.9 Å². The zero-order valence-corrected chi connectivity index (χ0v) is 12.4. The lowest BCUT2D eigenvalue weighted by Crippen LogP contribution is -2.29. The van der Waals surface area contributed by atoms with E-state index in [0.29, 0.717) is 6.54 Å². The number of carbonyl (C=O) groups is 1. The molecule has 0 saturated heterocycles. The van der Waals surface area contributed by atoms with Crippen LogP contribution in [0.25, 0.3) is 0 Å². The summed E-state index contributed by atoms with van der Waals surface area (Å²) in [7, 11) is -4.66. The predicted molar refractivity (Wildman–Crippen MR) is 76.2 cm³/mol. The summed E-state index contributed by atoms with van der Waals surface area (Å²) in [5.74, 6) is -3.49. The van der Waals surface area contributed by atoms with Crippen LogP contribution >= 0.6 is 0 Å². The van der Waals surface area contributed by atoms with Crippen LogP contribution in [0.5, 0.6) is 0 Å². The number of anilines is 1. The van der Waals surface area contributed by atoms with Crippen LogP contribution < -0.4 is 10.6 Å². The Morgan fingerprint density at radius 1 is 1.29 bits per heavy atom. The van der Waals surface area contributed by atoms with E-state index in [1.165, 1.54) is 12.1 Å². The molecule has 1 aromatic carbocycles. The predicted octanol–water partition coefficient (Wildman–Crippen LogP) is 2.99. The second-order valence-corrected chi connectivity index (χ2v) is 6.34. The fraction of sp³-hybridized carbons (Fsp3) is 0.462. The molecule has 0 spiro atoms. The van der Waals surface area contributed by atoms with Crippen LogP contribution in [-0.2, 0) is 9.84 Å². The summed E-state index contributed by atoms with van der Waals surface area (Å²) in [6.07, 6.45) is 2.85. The number of amides is 2. The molecule has 0 aliphatic carbocycles. The summed E-state index contributed by atoms with van der Waals surface area (Å²) < 4.78 is 47.6. The Hall–Kier alpha value is -1.70. The van der Waals surface area contributed by atoms with Gasteiger partial charge in [0, 0.05) is 12.2 Å². The molecule has 1 aromatic rings. The van der Waals surface area contributed by atoms with Gasteiger partial charge in [-0.2, -0.15) is 8.78 Å². The normalized spacial score (nSPS) is 11.4. The molecule has 0 bridgehead atoms. The first kappa shape index (κ1) is 17.4. The first-order chi connectivity index (χ1) is 9.87. The molecule has 21 heavy (non-hydrogen) atoms. The maximum absolute atomic E-state index is 12.4. The average Bonchev–Trinajstić information content (AvgIpc) is 2.43. The van der Waals surface area contributed by atoms with Crippen molar-refractivity contribution in [3.63, 3.8) is 0 Å². The van der Waals surface area contributed by atoms with E-state index < -0.39 is 26.5 Å².